The van der Waals surface area contributed by atoms with E-state index in [1.165, 1.54) is 24.3 Å². The van der Waals surface area contributed by atoms with Gasteiger partial charge in [-0.2, -0.15) is 4.72 Å². The molecule has 0 bridgehead atoms. The lowest BCUT2D eigenvalue weighted by molar-refractivity contribution is -0.135. The molecule has 14 heteroatoms. The fourth-order valence-corrected chi connectivity index (χ4v) is 6.17. The molecule has 258 valence electrons. The van der Waals surface area contributed by atoms with Crippen molar-refractivity contribution in [3.8, 4) is 5.75 Å². The summed E-state index contributed by atoms with van der Waals surface area (Å²) in [5.74, 6) is 0.366. The summed E-state index contributed by atoms with van der Waals surface area (Å²) in [7, 11) is -7.45. The number of carbonyl (C=O) groups is 1. The smallest absolute Gasteiger partial charge is 0.241 e. The van der Waals surface area contributed by atoms with Gasteiger partial charge in [0.05, 0.1) is 49.4 Å². The minimum Gasteiger partial charge on any atom is -0.489 e. The molecule has 0 unspecified atom stereocenters. The molecule has 1 saturated heterocycles. The molecule has 1 amide bonds. The third-order valence-electron chi connectivity index (χ3n) is 6.82. The van der Waals surface area contributed by atoms with Crippen LogP contribution in [0.25, 0.3) is 0 Å². The van der Waals surface area contributed by atoms with Gasteiger partial charge in [-0.05, 0) is 54.3 Å². The van der Waals surface area contributed by atoms with E-state index in [9.17, 15) is 21.6 Å². The largest absolute Gasteiger partial charge is 0.489 e. The van der Waals surface area contributed by atoms with Gasteiger partial charge in [-0.15, -0.1) is 0 Å². The predicted octanol–water partition coefficient (Wildman–Crippen LogP) is 3.18. The molecule has 0 radical (unpaired) electrons. The van der Waals surface area contributed by atoms with Gasteiger partial charge in [-0.1, -0.05) is 62.4 Å². The summed E-state index contributed by atoms with van der Waals surface area (Å²) in [4.78, 5) is 15.3. The van der Waals surface area contributed by atoms with Gasteiger partial charge in [-0.25, -0.2) is 22.0 Å². The van der Waals surface area contributed by atoms with Gasteiger partial charge in [0.2, 0.25) is 26.0 Å². The van der Waals surface area contributed by atoms with Crippen LogP contribution in [0.4, 0.5) is 0 Å². The van der Waals surface area contributed by atoms with E-state index in [-0.39, 0.29) is 21.6 Å². The summed E-state index contributed by atoms with van der Waals surface area (Å²) < 4.78 is 72.6. The van der Waals surface area contributed by atoms with Crippen molar-refractivity contribution in [3.05, 3.63) is 90.5 Å². The Labute approximate surface area is 278 Å². The van der Waals surface area contributed by atoms with Crippen molar-refractivity contribution in [1.29, 1.82) is 0 Å². The molecule has 3 aromatic carbocycles. The summed E-state index contributed by atoms with van der Waals surface area (Å²) in [5, 5.41) is 4.83. The molecule has 3 aromatic rings. The Morgan fingerprint density at radius 2 is 1.28 bits per heavy atom. The first-order valence-corrected chi connectivity index (χ1v) is 18.4. The molecule has 12 nitrogen and oxygen atoms in total. The lowest BCUT2D eigenvalue weighted by atomic mass is 10.0. The lowest BCUT2D eigenvalue weighted by Crippen LogP contribution is -2.50. The van der Waals surface area contributed by atoms with Crippen LogP contribution in [0.2, 0.25) is 0 Å². The van der Waals surface area contributed by atoms with E-state index in [0.29, 0.717) is 71.5 Å². The highest BCUT2D eigenvalue weighted by molar-refractivity contribution is 7.89. The van der Waals surface area contributed by atoms with Gasteiger partial charge in [0.1, 0.15) is 18.4 Å². The Balaban J connectivity index is 0.000000511. The second kappa shape index (κ2) is 19.5. The van der Waals surface area contributed by atoms with E-state index >= 15 is 0 Å². The van der Waals surface area contributed by atoms with Crippen LogP contribution in [0.15, 0.2) is 94.7 Å². The Bertz CT molecular complexity index is 1540. The third kappa shape index (κ3) is 14.1. The van der Waals surface area contributed by atoms with Crippen LogP contribution in [-0.2, 0) is 45.7 Å². The Morgan fingerprint density at radius 1 is 0.766 bits per heavy atom. The van der Waals surface area contributed by atoms with Gasteiger partial charge in [-0.3, -0.25) is 4.79 Å². The summed E-state index contributed by atoms with van der Waals surface area (Å²) in [6, 6.07) is 22.9. The van der Waals surface area contributed by atoms with Gasteiger partial charge >= 0.3 is 0 Å². The fourth-order valence-electron chi connectivity index (χ4n) is 4.44. The molecule has 1 aliphatic heterocycles. The predicted molar refractivity (Wildman–Crippen MR) is 178 cm³/mol. The number of amides is 1. The molecule has 47 heavy (non-hydrogen) atoms. The number of benzene rings is 3. The molecular formula is C33H45N3O9S2. The Morgan fingerprint density at radius 3 is 1.77 bits per heavy atom. The fraction of sp³-hybridized carbons (Fsp3) is 0.424. The van der Waals surface area contributed by atoms with Crippen LogP contribution in [0, 0.1) is 5.92 Å². The number of hydrogen-bond acceptors (Lipinski definition) is 9. The molecule has 1 fully saturated rings. The SMILES string of the molecule is CC(C)C[C@H](NS(=O)(=O)c1ccc(OCc2ccccc2)cc1)C(=O)N1CCOCCOCCOCC1.NS(=O)(=O)c1ccccc1. The second-order valence-electron chi connectivity index (χ2n) is 11.1. The van der Waals surface area contributed by atoms with E-state index in [0.717, 1.165) is 5.56 Å². The van der Waals surface area contributed by atoms with Gasteiger partial charge in [0.25, 0.3) is 0 Å². The number of rotatable bonds is 10. The average Bonchev–Trinajstić information content (AvgIpc) is 3.04. The maximum atomic E-state index is 13.5. The molecule has 1 heterocycles. The van der Waals surface area contributed by atoms with Crippen molar-refractivity contribution in [3.63, 3.8) is 0 Å². The molecule has 4 rings (SSSR count). The van der Waals surface area contributed by atoms with Crippen LogP contribution in [-0.4, -0.2) is 86.4 Å². The number of nitrogens with two attached hydrogens (primary N) is 1. The topological polar surface area (TPSA) is 164 Å². The van der Waals surface area contributed by atoms with Gasteiger partial charge in [0, 0.05) is 13.1 Å². The molecule has 0 saturated carbocycles. The van der Waals surface area contributed by atoms with Crippen LogP contribution in [0.1, 0.15) is 25.8 Å². The van der Waals surface area contributed by atoms with Crippen molar-refractivity contribution in [1.82, 2.24) is 9.62 Å². The lowest BCUT2D eigenvalue weighted by Gasteiger charge is -2.29. The normalized spacial score (nSPS) is 15.8. The number of hydrogen-bond donors (Lipinski definition) is 2. The van der Waals surface area contributed by atoms with Gasteiger partial charge in [0.15, 0.2) is 0 Å². The molecule has 0 aliphatic carbocycles. The minimum absolute atomic E-state index is 0.0708. The average molecular weight is 692 g/mol. The molecule has 0 aromatic heterocycles. The number of carbonyl (C=O) groups excluding carboxylic acids is 1. The van der Waals surface area contributed by atoms with Gasteiger partial charge < -0.3 is 23.8 Å². The standard InChI is InChI=1S/C27H38N2O7S.C6H7NO2S/c1-22(2)20-26(27(30)29-12-14-33-16-18-35-19-17-34-15-13-29)28-37(31,32)25-10-8-24(9-11-25)36-21-23-6-4-3-5-7-23;7-10(8,9)6-4-2-1-3-5-6/h3-11,22,26,28H,12-21H2,1-2H3;1-5H,(H2,7,8,9)/t26-;/m0./s1. The van der Waals surface area contributed by atoms with Crippen molar-refractivity contribution in [2.45, 2.75) is 42.7 Å². The van der Waals surface area contributed by atoms with Crippen molar-refractivity contribution < 1.29 is 40.6 Å². The summed E-state index contributed by atoms with van der Waals surface area (Å²) in [5.41, 5.74) is 1.02. The van der Waals surface area contributed by atoms with E-state index in [2.05, 4.69) is 4.72 Å². The van der Waals surface area contributed by atoms with Crippen molar-refractivity contribution >= 4 is 26.0 Å². The highest BCUT2D eigenvalue weighted by atomic mass is 32.2. The van der Waals surface area contributed by atoms with Crippen LogP contribution >= 0.6 is 0 Å². The van der Waals surface area contributed by atoms with E-state index in [1.54, 1.807) is 35.2 Å². The molecule has 1 atom stereocenters. The summed E-state index contributed by atoms with van der Waals surface area (Å²) in [6.45, 7) is 7.41. The monoisotopic (exact) mass is 691 g/mol. The number of ether oxygens (including phenoxy) is 4. The summed E-state index contributed by atoms with van der Waals surface area (Å²) in [6.07, 6.45) is 0.363. The first kappa shape index (κ1) is 38.1. The number of nitrogens with one attached hydrogen (secondary N) is 1. The molecule has 1 aliphatic rings. The quantitative estimate of drug-likeness (QED) is 0.325. The number of primary sulfonamides is 1. The maximum absolute atomic E-state index is 13.5. The van der Waals surface area contributed by atoms with Crippen molar-refractivity contribution in [2.24, 2.45) is 11.1 Å². The maximum Gasteiger partial charge on any atom is 0.241 e. The highest BCUT2D eigenvalue weighted by Gasteiger charge is 2.30. The highest BCUT2D eigenvalue weighted by Crippen LogP contribution is 2.19. The first-order valence-electron chi connectivity index (χ1n) is 15.3. The van der Waals surface area contributed by atoms with Crippen LogP contribution in [0.5, 0.6) is 5.75 Å². The van der Waals surface area contributed by atoms with E-state index in [4.69, 9.17) is 24.1 Å². The zero-order valence-electron chi connectivity index (χ0n) is 26.8. The summed E-state index contributed by atoms with van der Waals surface area (Å²) >= 11 is 0. The molecule has 0 spiro atoms. The zero-order chi connectivity index (χ0) is 34.1. The number of sulfonamides is 2. The molecule has 3 N–H and O–H groups in total. The molecular weight excluding hydrogens is 647 g/mol. The minimum atomic E-state index is -3.94. The Kier molecular flexibility index (Phi) is 15.8. The van der Waals surface area contributed by atoms with Crippen LogP contribution < -0.4 is 14.6 Å². The number of nitrogens with zero attached hydrogens (tertiary/aromatic N) is 1. The Hall–Kier alpha value is -3.37. The van der Waals surface area contributed by atoms with Crippen LogP contribution in [0.3, 0.4) is 0 Å². The third-order valence-corrected chi connectivity index (χ3v) is 9.24. The second-order valence-corrected chi connectivity index (χ2v) is 14.3. The zero-order valence-corrected chi connectivity index (χ0v) is 28.5. The van der Waals surface area contributed by atoms with E-state index < -0.39 is 26.1 Å². The first-order chi connectivity index (χ1) is 22.5. The van der Waals surface area contributed by atoms with E-state index in [1.807, 2.05) is 44.2 Å². The van der Waals surface area contributed by atoms with Crippen molar-refractivity contribution in [2.75, 3.05) is 52.7 Å².